The Morgan fingerprint density at radius 1 is 1.03 bits per heavy atom. The van der Waals surface area contributed by atoms with Gasteiger partial charge in [0.2, 0.25) is 10.0 Å². The summed E-state index contributed by atoms with van der Waals surface area (Å²) in [4.78, 5) is 25.8. The van der Waals surface area contributed by atoms with Crippen LogP contribution < -0.4 is 14.5 Å². The normalized spacial score (nSPS) is 13.4. The van der Waals surface area contributed by atoms with Gasteiger partial charge in [-0.1, -0.05) is 23.7 Å². The first-order chi connectivity index (χ1) is 15.7. The van der Waals surface area contributed by atoms with E-state index < -0.39 is 10.0 Å². The van der Waals surface area contributed by atoms with Crippen molar-refractivity contribution < 1.29 is 13.2 Å². The van der Waals surface area contributed by atoms with Crippen molar-refractivity contribution in [2.75, 3.05) is 34.4 Å². The first-order valence-electron chi connectivity index (χ1n) is 10.4. The number of carbonyl (C=O) groups excluding carboxylic acids is 1. The van der Waals surface area contributed by atoms with Crippen molar-refractivity contribution in [3.05, 3.63) is 70.5 Å². The van der Waals surface area contributed by atoms with Gasteiger partial charge in [0.15, 0.2) is 5.82 Å². The van der Waals surface area contributed by atoms with Crippen molar-refractivity contribution in [1.82, 2.24) is 9.97 Å². The minimum Gasteiger partial charge on any atom is -0.309 e. The van der Waals surface area contributed by atoms with Crippen LogP contribution in [0.4, 0.5) is 23.0 Å². The summed E-state index contributed by atoms with van der Waals surface area (Å²) in [6.07, 6.45) is 4.30. The number of anilines is 4. The molecule has 0 saturated heterocycles. The number of aryl methyl sites for hydroxylation is 2. The number of hydrogen-bond donors (Lipinski definition) is 1. The lowest BCUT2D eigenvalue weighted by atomic mass is 10.0. The van der Waals surface area contributed by atoms with Gasteiger partial charge in [0.25, 0.3) is 5.91 Å². The molecule has 0 bridgehead atoms. The highest BCUT2D eigenvalue weighted by Crippen LogP contribution is 2.38. The van der Waals surface area contributed by atoms with Crippen molar-refractivity contribution in [3.63, 3.8) is 0 Å². The van der Waals surface area contributed by atoms with Gasteiger partial charge in [0.05, 0.1) is 17.5 Å². The van der Waals surface area contributed by atoms with Crippen LogP contribution in [-0.4, -0.2) is 44.1 Å². The van der Waals surface area contributed by atoms with Crippen molar-refractivity contribution in [1.29, 1.82) is 0 Å². The van der Waals surface area contributed by atoms with Gasteiger partial charge in [-0.25, -0.2) is 18.4 Å². The molecule has 3 heterocycles. The summed E-state index contributed by atoms with van der Waals surface area (Å²) in [7, 11) is -1.59. The SMILES string of the molecule is CCN1c2ncc(CCc3ccc(NS(C)(=O)=O)cc3)cc2C(=O)N(C)c2ccc(Cl)nc21. The number of sulfonamides is 1. The Bertz CT molecular complexity index is 1310. The van der Waals surface area contributed by atoms with E-state index in [9.17, 15) is 13.2 Å². The van der Waals surface area contributed by atoms with Crippen LogP contribution in [0.15, 0.2) is 48.7 Å². The molecule has 1 N–H and O–H groups in total. The molecule has 4 rings (SSSR count). The van der Waals surface area contributed by atoms with E-state index in [4.69, 9.17) is 11.6 Å². The summed E-state index contributed by atoms with van der Waals surface area (Å²) >= 11 is 6.13. The second-order valence-corrected chi connectivity index (χ2v) is 10.0. The molecule has 10 heteroatoms. The molecule has 1 aliphatic heterocycles. The first-order valence-corrected chi connectivity index (χ1v) is 12.7. The van der Waals surface area contributed by atoms with Gasteiger partial charge in [-0.2, -0.15) is 0 Å². The zero-order valence-electron chi connectivity index (χ0n) is 18.5. The maximum atomic E-state index is 13.3. The van der Waals surface area contributed by atoms with Gasteiger partial charge in [-0.3, -0.25) is 9.52 Å². The fourth-order valence-electron chi connectivity index (χ4n) is 3.82. The molecule has 0 spiro atoms. The molecule has 1 amide bonds. The third kappa shape index (κ3) is 4.94. The van der Waals surface area contributed by atoms with Gasteiger partial charge >= 0.3 is 0 Å². The Hall–Kier alpha value is -3.17. The zero-order chi connectivity index (χ0) is 23.8. The van der Waals surface area contributed by atoms with Crippen molar-refractivity contribution >= 4 is 50.5 Å². The Morgan fingerprint density at radius 3 is 2.39 bits per heavy atom. The topological polar surface area (TPSA) is 95.5 Å². The van der Waals surface area contributed by atoms with Gasteiger partial charge in [0, 0.05) is 25.5 Å². The van der Waals surface area contributed by atoms with Crippen LogP contribution in [-0.2, 0) is 22.9 Å². The third-order valence-corrected chi connectivity index (χ3v) is 6.24. The zero-order valence-corrected chi connectivity index (χ0v) is 20.1. The van der Waals surface area contributed by atoms with E-state index in [1.807, 2.05) is 30.0 Å². The number of hydrogen-bond acceptors (Lipinski definition) is 6. The number of aromatic nitrogens is 2. The van der Waals surface area contributed by atoms with E-state index in [-0.39, 0.29) is 5.91 Å². The molecule has 8 nitrogen and oxygen atoms in total. The molecule has 1 aromatic carbocycles. The fourth-order valence-corrected chi connectivity index (χ4v) is 4.53. The molecular weight excluding hydrogens is 462 g/mol. The third-order valence-electron chi connectivity index (χ3n) is 5.43. The fraction of sp³-hybridized carbons (Fsp3) is 0.261. The van der Waals surface area contributed by atoms with Gasteiger partial charge in [0.1, 0.15) is 11.0 Å². The average Bonchev–Trinajstić information content (AvgIpc) is 2.85. The highest BCUT2D eigenvalue weighted by Gasteiger charge is 2.30. The van der Waals surface area contributed by atoms with E-state index in [2.05, 4.69) is 14.7 Å². The first kappa shape index (κ1) is 23.0. The summed E-state index contributed by atoms with van der Waals surface area (Å²) in [5, 5.41) is 0.353. The number of carbonyl (C=O) groups is 1. The molecule has 0 radical (unpaired) electrons. The van der Waals surface area contributed by atoms with Crippen LogP contribution in [0.5, 0.6) is 0 Å². The molecule has 0 aliphatic carbocycles. The maximum absolute atomic E-state index is 13.3. The number of pyridine rings is 2. The van der Waals surface area contributed by atoms with E-state index >= 15 is 0 Å². The van der Waals surface area contributed by atoms with Crippen molar-refractivity contribution in [2.24, 2.45) is 0 Å². The summed E-state index contributed by atoms with van der Waals surface area (Å²) in [6.45, 7) is 2.55. The van der Waals surface area contributed by atoms with Gasteiger partial charge < -0.3 is 9.80 Å². The minimum absolute atomic E-state index is 0.156. The highest BCUT2D eigenvalue weighted by atomic mass is 35.5. The molecule has 1 aliphatic rings. The number of rotatable bonds is 6. The summed E-state index contributed by atoms with van der Waals surface area (Å²) in [5.41, 5.74) is 3.69. The second kappa shape index (κ2) is 8.99. The number of fused-ring (bicyclic) bond motifs is 2. The van der Waals surface area contributed by atoms with E-state index in [0.717, 1.165) is 23.8 Å². The molecule has 0 atom stereocenters. The minimum atomic E-state index is -3.31. The Morgan fingerprint density at radius 2 is 1.73 bits per heavy atom. The monoisotopic (exact) mass is 485 g/mol. The van der Waals surface area contributed by atoms with Crippen LogP contribution in [0.3, 0.4) is 0 Å². The lowest BCUT2D eigenvalue weighted by molar-refractivity contribution is 0.0994. The molecule has 2 aromatic heterocycles. The van der Waals surface area contributed by atoms with Crippen LogP contribution >= 0.6 is 11.6 Å². The number of nitrogens with zero attached hydrogens (tertiary/aromatic N) is 4. The number of benzene rings is 1. The molecule has 3 aromatic rings. The van der Waals surface area contributed by atoms with Gasteiger partial charge in [-0.05, 0) is 61.2 Å². The van der Waals surface area contributed by atoms with Crippen LogP contribution in [0, 0.1) is 0 Å². The van der Waals surface area contributed by atoms with Crippen LogP contribution in [0.25, 0.3) is 0 Å². The number of nitrogens with one attached hydrogen (secondary N) is 1. The Labute approximate surface area is 198 Å². The summed E-state index contributed by atoms with van der Waals surface area (Å²) in [5.74, 6) is 1.00. The Balaban J connectivity index is 1.59. The maximum Gasteiger partial charge on any atom is 0.261 e. The summed E-state index contributed by atoms with van der Waals surface area (Å²) in [6, 6.07) is 12.6. The van der Waals surface area contributed by atoms with E-state index in [1.165, 1.54) is 0 Å². The largest absolute Gasteiger partial charge is 0.309 e. The Kier molecular flexibility index (Phi) is 6.27. The predicted molar refractivity (Wildman–Crippen MR) is 131 cm³/mol. The quantitative estimate of drug-likeness (QED) is 0.529. The average molecular weight is 486 g/mol. The van der Waals surface area contributed by atoms with E-state index in [0.29, 0.717) is 46.7 Å². The van der Waals surface area contributed by atoms with Crippen molar-refractivity contribution in [2.45, 2.75) is 19.8 Å². The second-order valence-electron chi connectivity index (χ2n) is 7.87. The van der Waals surface area contributed by atoms with Crippen LogP contribution in [0.2, 0.25) is 5.15 Å². The molecule has 0 saturated carbocycles. The standard InChI is InChI=1S/C23H24ClN5O3S/c1-4-29-21-18(23(30)28(2)19-11-12-20(24)26-22(19)29)13-16(14-25-21)6-5-15-7-9-17(10-8-15)27-33(3,31)32/h7-14,27H,4-6H2,1-3H3. The molecule has 0 unspecified atom stereocenters. The van der Waals surface area contributed by atoms with E-state index in [1.54, 1.807) is 42.4 Å². The number of halogens is 1. The lowest BCUT2D eigenvalue weighted by Crippen LogP contribution is -2.25. The lowest BCUT2D eigenvalue weighted by Gasteiger charge is -2.23. The highest BCUT2D eigenvalue weighted by molar-refractivity contribution is 7.92. The smallest absolute Gasteiger partial charge is 0.261 e. The van der Waals surface area contributed by atoms with Crippen molar-refractivity contribution in [3.8, 4) is 0 Å². The predicted octanol–water partition coefficient (Wildman–Crippen LogP) is 4.03. The molecule has 33 heavy (non-hydrogen) atoms. The molecule has 172 valence electrons. The molecule has 0 fully saturated rings. The number of amides is 1. The summed E-state index contributed by atoms with van der Waals surface area (Å²) < 4.78 is 25.2. The van der Waals surface area contributed by atoms with Crippen LogP contribution in [0.1, 0.15) is 28.4 Å². The van der Waals surface area contributed by atoms with Gasteiger partial charge in [-0.15, -0.1) is 0 Å². The molecular formula is C23H24ClN5O3S.